The molecular weight excluding hydrogens is 252 g/mol. The minimum atomic E-state index is -0.233. The summed E-state index contributed by atoms with van der Waals surface area (Å²) in [6.07, 6.45) is 3.79. The van der Waals surface area contributed by atoms with E-state index in [2.05, 4.69) is 13.8 Å². The van der Waals surface area contributed by atoms with Gasteiger partial charge in [-0.1, -0.05) is 13.8 Å². The van der Waals surface area contributed by atoms with Crippen molar-refractivity contribution in [3.8, 4) is 0 Å². The van der Waals surface area contributed by atoms with Gasteiger partial charge in [0.2, 0.25) is 0 Å². The lowest BCUT2D eigenvalue weighted by Crippen LogP contribution is -2.42. The van der Waals surface area contributed by atoms with Crippen LogP contribution in [0.3, 0.4) is 0 Å². The summed E-state index contributed by atoms with van der Waals surface area (Å²) in [5.41, 5.74) is 5.58. The van der Waals surface area contributed by atoms with E-state index in [1.165, 1.54) is 0 Å². The highest BCUT2D eigenvalue weighted by molar-refractivity contribution is 5.85. The van der Waals surface area contributed by atoms with E-state index >= 15 is 0 Å². The van der Waals surface area contributed by atoms with Crippen molar-refractivity contribution in [1.29, 1.82) is 0 Å². The van der Waals surface area contributed by atoms with E-state index in [9.17, 15) is 4.79 Å². The molecule has 0 radical (unpaired) electrons. The number of nitrogens with two attached hydrogens (primary N) is 1. The van der Waals surface area contributed by atoms with Gasteiger partial charge in [-0.3, -0.25) is 4.79 Å². The fourth-order valence-corrected chi connectivity index (χ4v) is 3.05. The number of rotatable bonds is 3. The Bertz CT molecular complexity index is 288. The van der Waals surface area contributed by atoms with Gasteiger partial charge in [0, 0.05) is 19.1 Å². The molecule has 0 saturated carbocycles. The molecule has 5 heteroatoms. The Labute approximate surface area is 116 Å². The van der Waals surface area contributed by atoms with Gasteiger partial charge in [0.25, 0.3) is 5.91 Å². The highest BCUT2D eigenvalue weighted by atomic mass is 35.5. The Morgan fingerprint density at radius 3 is 2.72 bits per heavy atom. The van der Waals surface area contributed by atoms with Crippen molar-refractivity contribution in [3.63, 3.8) is 0 Å². The number of hydrogen-bond acceptors (Lipinski definition) is 3. The molecule has 106 valence electrons. The van der Waals surface area contributed by atoms with Gasteiger partial charge in [0.1, 0.15) is 6.10 Å². The van der Waals surface area contributed by atoms with E-state index in [4.69, 9.17) is 10.5 Å². The molecule has 0 aliphatic carbocycles. The van der Waals surface area contributed by atoms with Crippen LogP contribution in [0.4, 0.5) is 0 Å². The van der Waals surface area contributed by atoms with E-state index in [1.807, 2.05) is 4.90 Å². The van der Waals surface area contributed by atoms with Crippen LogP contribution in [0.25, 0.3) is 0 Å². The summed E-state index contributed by atoms with van der Waals surface area (Å²) in [6, 6.07) is 0.415. The van der Waals surface area contributed by atoms with Crippen LogP contribution in [0.2, 0.25) is 0 Å². The molecule has 4 atom stereocenters. The largest absolute Gasteiger partial charge is 0.364 e. The number of halogens is 1. The number of amides is 1. The van der Waals surface area contributed by atoms with Crippen molar-refractivity contribution in [2.45, 2.75) is 57.8 Å². The molecular formula is C13H25ClN2O2. The zero-order valence-corrected chi connectivity index (χ0v) is 12.1. The van der Waals surface area contributed by atoms with Crippen molar-refractivity contribution in [2.75, 3.05) is 13.1 Å². The van der Waals surface area contributed by atoms with Gasteiger partial charge in [-0.2, -0.15) is 0 Å². The van der Waals surface area contributed by atoms with Crippen molar-refractivity contribution in [2.24, 2.45) is 11.7 Å². The molecule has 2 saturated heterocycles. The fraction of sp³-hybridized carbons (Fsp3) is 0.923. The second kappa shape index (κ2) is 6.73. The normalized spacial score (nSPS) is 35.6. The molecule has 2 rings (SSSR count). The SMILES string of the molecule is CCC1CC(C)CN1C(=O)[C@@H]1CC[C@H](CN)O1.Cl. The van der Waals surface area contributed by atoms with Crippen LogP contribution < -0.4 is 5.73 Å². The van der Waals surface area contributed by atoms with Gasteiger partial charge < -0.3 is 15.4 Å². The summed E-state index contributed by atoms with van der Waals surface area (Å²) in [4.78, 5) is 14.4. The van der Waals surface area contributed by atoms with E-state index < -0.39 is 0 Å². The number of carbonyl (C=O) groups excluding carboxylic acids is 1. The lowest BCUT2D eigenvalue weighted by molar-refractivity contribution is -0.143. The number of likely N-dealkylation sites (tertiary alicyclic amines) is 1. The Kier molecular flexibility index (Phi) is 5.89. The molecule has 2 heterocycles. The third-order valence-corrected chi connectivity index (χ3v) is 4.02. The third kappa shape index (κ3) is 3.16. The number of ether oxygens (including phenoxy) is 1. The standard InChI is InChI=1S/C13H24N2O2.ClH/c1-3-10-6-9(2)8-15(10)13(16)12-5-4-11(7-14)17-12;/h9-12H,3-8,14H2,1-2H3;1H/t9?,10?,11-,12+;/m1./s1. The molecule has 2 unspecified atom stereocenters. The Morgan fingerprint density at radius 2 is 2.17 bits per heavy atom. The summed E-state index contributed by atoms with van der Waals surface area (Å²) in [7, 11) is 0. The van der Waals surface area contributed by atoms with E-state index in [-0.39, 0.29) is 30.5 Å². The maximum absolute atomic E-state index is 12.4. The lowest BCUT2D eigenvalue weighted by atomic mass is 10.1. The molecule has 0 bridgehead atoms. The van der Waals surface area contributed by atoms with Crippen LogP contribution in [0.5, 0.6) is 0 Å². The second-order valence-corrected chi connectivity index (χ2v) is 5.45. The quantitative estimate of drug-likeness (QED) is 0.851. The van der Waals surface area contributed by atoms with E-state index in [0.717, 1.165) is 32.2 Å². The summed E-state index contributed by atoms with van der Waals surface area (Å²) in [5, 5.41) is 0. The highest BCUT2D eigenvalue weighted by Crippen LogP contribution is 2.29. The van der Waals surface area contributed by atoms with Crippen LogP contribution >= 0.6 is 12.4 Å². The zero-order valence-electron chi connectivity index (χ0n) is 11.3. The van der Waals surface area contributed by atoms with Gasteiger partial charge >= 0.3 is 0 Å². The molecule has 0 aromatic carbocycles. The van der Waals surface area contributed by atoms with E-state index in [0.29, 0.717) is 18.5 Å². The molecule has 2 aliphatic heterocycles. The molecule has 18 heavy (non-hydrogen) atoms. The lowest BCUT2D eigenvalue weighted by Gasteiger charge is -2.26. The minimum Gasteiger partial charge on any atom is -0.364 e. The minimum absolute atomic E-state index is 0. The predicted molar refractivity (Wildman–Crippen MR) is 73.8 cm³/mol. The summed E-state index contributed by atoms with van der Waals surface area (Å²) in [5.74, 6) is 0.813. The first-order valence-electron chi connectivity index (χ1n) is 6.81. The Hall–Kier alpha value is -0.320. The number of nitrogens with zero attached hydrogens (tertiary/aromatic N) is 1. The third-order valence-electron chi connectivity index (χ3n) is 4.02. The molecule has 2 N–H and O–H groups in total. The molecule has 2 aliphatic rings. The summed E-state index contributed by atoms with van der Waals surface area (Å²) < 4.78 is 5.70. The van der Waals surface area contributed by atoms with E-state index in [1.54, 1.807) is 0 Å². The molecule has 0 aromatic rings. The van der Waals surface area contributed by atoms with Gasteiger partial charge in [-0.25, -0.2) is 0 Å². The van der Waals surface area contributed by atoms with Crippen LogP contribution in [0.1, 0.15) is 39.5 Å². The molecule has 4 nitrogen and oxygen atoms in total. The maximum atomic E-state index is 12.4. The second-order valence-electron chi connectivity index (χ2n) is 5.45. The van der Waals surface area contributed by atoms with Crippen LogP contribution in [-0.2, 0) is 9.53 Å². The van der Waals surface area contributed by atoms with Gasteiger partial charge in [-0.15, -0.1) is 12.4 Å². The average molecular weight is 277 g/mol. The topological polar surface area (TPSA) is 55.6 Å². The highest BCUT2D eigenvalue weighted by Gasteiger charge is 2.38. The predicted octanol–water partition coefficient (Wildman–Crippen LogP) is 1.56. The number of carbonyl (C=O) groups is 1. The molecule has 1 amide bonds. The van der Waals surface area contributed by atoms with Gasteiger partial charge in [-0.05, 0) is 31.6 Å². The monoisotopic (exact) mass is 276 g/mol. The van der Waals surface area contributed by atoms with Crippen molar-refractivity contribution in [3.05, 3.63) is 0 Å². The smallest absolute Gasteiger partial charge is 0.251 e. The zero-order chi connectivity index (χ0) is 12.4. The first kappa shape index (κ1) is 15.7. The molecule has 0 aromatic heterocycles. The maximum Gasteiger partial charge on any atom is 0.251 e. The average Bonchev–Trinajstić information content (AvgIpc) is 2.93. The fourth-order valence-electron chi connectivity index (χ4n) is 3.05. The van der Waals surface area contributed by atoms with Crippen molar-refractivity contribution < 1.29 is 9.53 Å². The van der Waals surface area contributed by atoms with Gasteiger partial charge in [0.05, 0.1) is 6.10 Å². The molecule has 2 fully saturated rings. The van der Waals surface area contributed by atoms with Crippen LogP contribution in [-0.4, -0.2) is 42.1 Å². The van der Waals surface area contributed by atoms with Crippen molar-refractivity contribution in [1.82, 2.24) is 4.90 Å². The summed E-state index contributed by atoms with van der Waals surface area (Å²) in [6.45, 7) is 5.79. The van der Waals surface area contributed by atoms with Crippen molar-refractivity contribution >= 4 is 18.3 Å². The number of hydrogen-bond donors (Lipinski definition) is 1. The first-order chi connectivity index (χ1) is 8.15. The summed E-state index contributed by atoms with van der Waals surface area (Å²) >= 11 is 0. The van der Waals surface area contributed by atoms with Crippen LogP contribution in [0.15, 0.2) is 0 Å². The Morgan fingerprint density at radius 1 is 1.44 bits per heavy atom. The first-order valence-corrected chi connectivity index (χ1v) is 6.81. The Balaban J connectivity index is 0.00000162. The van der Waals surface area contributed by atoms with Gasteiger partial charge in [0.15, 0.2) is 0 Å². The molecule has 0 spiro atoms. The van der Waals surface area contributed by atoms with Crippen LogP contribution in [0, 0.1) is 5.92 Å².